The van der Waals surface area contributed by atoms with Crippen LogP contribution in [0, 0.1) is 0 Å². The second kappa shape index (κ2) is 6.56. The summed E-state index contributed by atoms with van der Waals surface area (Å²) in [5.74, 6) is 0. The lowest BCUT2D eigenvalue weighted by Crippen LogP contribution is -2.18. The number of nitrogens with one attached hydrogen (secondary N) is 1. The maximum absolute atomic E-state index is 5.32. The van der Waals surface area contributed by atoms with E-state index in [2.05, 4.69) is 38.8 Å². The fourth-order valence-electron chi connectivity index (χ4n) is 2.24. The molecule has 5 heteroatoms. The molecule has 3 rings (SSSR count). The number of benzene rings is 1. The van der Waals surface area contributed by atoms with Crippen LogP contribution in [0.25, 0.3) is 11.3 Å². The normalized spacial score (nSPS) is 12.5. The number of hydrogen-bond acceptors (Lipinski definition) is 4. The van der Waals surface area contributed by atoms with Crippen LogP contribution in [-0.4, -0.2) is 12.0 Å². The van der Waals surface area contributed by atoms with Gasteiger partial charge in [0.15, 0.2) is 4.67 Å². The Bertz CT molecular complexity index is 708. The largest absolute Gasteiger partial charge is 0.457 e. The lowest BCUT2D eigenvalue weighted by molar-refractivity contribution is 0.518. The number of aromatic nitrogens is 1. The van der Waals surface area contributed by atoms with Crippen molar-refractivity contribution in [3.8, 4) is 11.3 Å². The predicted molar refractivity (Wildman–Crippen MR) is 89.5 cm³/mol. The number of rotatable bonds is 5. The lowest BCUT2D eigenvalue weighted by atomic mass is 10.1. The molecule has 0 amide bonds. The molecule has 0 bridgehead atoms. The van der Waals surface area contributed by atoms with Crippen LogP contribution in [0.1, 0.15) is 16.6 Å². The third kappa shape index (κ3) is 3.26. The molecule has 2 aromatic heterocycles. The number of halogens is 1. The Morgan fingerprint density at radius 3 is 2.76 bits per heavy atom. The van der Waals surface area contributed by atoms with Crippen molar-refractivity contribution in [1.82, 2.24) is 10.3 Å². The van der Waals surface area contributed by atoms with Crippen molar-refractivity contribution in [3.05, 3.63) is 63.3 Å². The van der Waals surface area contributed by atoms with E-state index < -0.39 is 0 Å². The summed E-state index contributed by atoms with van der Waals surface area (Å²) in [5.41, 5.74) is 3.32. The Hall–Kier alpha value is -1.43. The minimum absolute atomic E-state index is 0.188. The first kappa shape index (κ1) is 14.5. The van der Waals surface area contributed by atoms with Gasteiger partial charge in [0.1, 0.15) is 0 Å². The molecule has 108 valence electrons. The summed E-state index contributed by atoms with van der Waals surface area (Å²) in [6, 6.07) is 12.4. The molecule has 0 fully saturated rings. The molecule has 0 aliphatic heterocycles. The molecule has 21 heavy (non-hydrogen) atoms. The Kier molecular flexibility index (Phi) is 4.53. The predicted octanol–water partition coefficient (Wildman–Crippen LogP) is 4.67. The topological polar surface area (TPSA) is 38.1 Å². The van der Waals surface area contributed by atoms with Crippen molar-refractivity contribution >= 4 is 27.3 Å². The first-order chi connectivity index (χ1) is 10.3. The molecule has 0 spiro atoms. The molecule has 1 aromatic carbocycles. The van der Waals surface area contributed by atoms with Gasteiger partial charge in [-0.15, -0.1) is 11.3 Å². The van der Waals surface area contributed by atoms with Crippen LogP contribution in [0.3, 0.4) is 0 Å². The summed E-state index contributed by atoms with van der Waals surface area (Å²) in [4.78, 5) is 4.74. The van der Waals surface area contributed by atoms with Gasteiger partial charge in [-0.05, 0) is 29.0 Å². The molecular weight excluding hydrogens is 348 g/mol. The minimum atomic E-state index is 0.188. The molecule has 1 unspecified atom stereocenters. The number of nitrogens with zero attached hydrogens (tertiary/aromatic N) is 1. The highest BCUT2D eigenvalue weighted by atomic mass is 79.9. The zero-order valence-corrected chi connectivity index (χ0v) is 13.9. The van der Waals surface area contributed by atoms with Crippen LogP contribution in [0.4, 0.5) is 0 Å². The van der Waals surface area contributed by atoms with Crippen molar-refractivity contribution in [3.63, 3.8) is 0 Å². The Morgan fingerprint density at radius 1 is 1.29 bits per heavy atom. The third-order valence-corrected chi connectivity index (χ3v) is 4.89. The number of furan rings is 1. The second-order valence-corrected chi connectivity index (χ2v) is 6.35. The molecule has 1 atom stereocenters. The van der Waals surface area contributed by atoms with Crippen molar-refractivity contribution in [1.29, 1.82) is 0 Å². The fraction of sp³-hybridized carbons (Fsp3) is 0.188. The van der Waals surface area contributed by atoms with E-state index in [1.807, 2.05) is 31.3 Å². The van der Waals surface area contributed by atoms with E-state index in [4.69, 9.17) is 9.40 Å². The zero-order chi connectivity index (χ0) is 14.7. The van der Waals surface area contributed by atoms with E-state index in [-0.39, 0.29) is 6.04 Å². The van der Waals surface area contributed by atoms with Gasteiger partial charge in [-0.25, -0.2) is 4.98 Å². The quantitative estimate of drug-likeness (QED) is 0.716. The molecule has 2 heterocycles. The van der Waals surface area contributed by atoms with Gasteiger partial charge < -0.3 is 9.73 Å². The first-order valence-electron chi connectivity index (χ1n) is 6.68. The summed E-state index contributed by atoms with van der Waals surface area (Å²) in [5, 5.41) is 6.54. The average Bonchev–Trinajstić information content (AvgIpc) is 3.15. The summed E-state index contributed by atoms with van der Waals surface area (Å²) < 4.78 is 6.10. The third-order valence-electron chi connectivity index (χ3n) is 3.37. The minimum Gasteiger partial charge on any atom is -0.457 e. The number of likely N-dealkylation sites (N-methyl/N-ethyl adjacent to an activating group) is 1. The smallest absolute Gasteiger partial charge is 0.173 e. The van der Waals surface area contributed by atoms with Gasteiger partial charge in [-0.1, -0.05) is 30.3 Å². The van der Waals surface area contributed by atoms with Crippen LogP contribution in [0.2, 0.25) is 0 Å². The molecule has 0 aliphatic carbocycles. The lowest BCUT2D eigenvalue weighted by Gasteiger charge is -2.13. The fourth-order valence-corrected chi connectivity index (χ4v) is 3.61. The monoisotopic (exact) mass is 362 g/mol. The zero-order valence-electron chi connectivity index (χ0n) is 11.5. The first-order valence-corrected chi connectivity index (χ1v) is 8.35. The molecule has 0 aliphatic rings. The van der Waals surface area contributed by atoms with E-state index in [0.717, 1.165) is 32.9 Å². The molecular formula is C16H15BrN2OS. The standard InChI is InChI=1S/C16H15BrN2OS/c1-18-13(12-7-8-20-16(12)17)9-15-19-14(10-21-15)11-5-3-2-4-6-11/h2-8,10,13,18H,9H2,1H3. The van der Waals surface area contributed by atoms with Gasteiger partial charge in [0.2, 0.25) is 0 Å². The highest BCUT2D eigenvalue weighted by Crippen LogP contribution is 2.29. The Morgan fingerprint density at radius 2 is 2.10 bits per heavy atom. The van der Waals surface area contributed by atoms with E-state index in [0.29, 0.717) is 0 Å². The molecule has 0 saturated heterocycles. The van der Waals surface area contributed by atoms with Crippen LogP contribution in [0.5, 0.6) is 0 Å². The Balaban J connectivity index is 1.79. The Labute approximate surface area is 136 Å². The van der Waals surface area contributed by atoms with E-state index >= 15 is 0 Å². The molecule has 0 saturated carbocycles. The van der Waals surface area contributed by atoms with E-state index in [1.54, 1.807) is 17.6 Å². The van der Waals surface area contributed by atoms with Crippen LogP contribution in [0.15, 0.2) is 57.1 Å². The van der Waals surface area contributed by atoms with E-state index in [1.165, 1.54) is 0 Å². The molecule has 1 N–H and O–H groups in total. The van der Waals surface area contributed by atoms with Gasteiger partial charge in [-0.2, -0.15) is 0 Å². The van der Waals surface area contributed by atoms with E-state index in [9.17, 15) is 0 Å². The highest BCUT2D eigenvalue weighted by Gasteiger charge is 2.17. The van der Waals surface area contributed by atoms with Crippen LogP contribution in [-0.2, 0) is 6.42 Å². The van der Waals surface area contributed by atoms with Gasteiger partial charge >= 0.3 is 0 Å². The van der Waals surface area contributed by atoms with Crippen molar-refractivity contribution in [2.24, 2.45) is 0 Å². The maximum atomic E-state index is 5.32. The van der Waals surface area contributed by atoms with Crippen LogP contribution < -0.4 is 5.32 Å². The van der Waals surface area contributed by atoms with Gasteiger partial charge in [0.25, 0.3) is 0 Å². The summed E-state index contributed by atoms with van der Waals surface area (Å²) >= 11 is 5.13. The highest BCUT2D eigenvalue weighted by molar-refractivity contribution is 9.10. The molecule has 3 aromatic rings. The van der Waals surface area contributed by atoms with Crippen LogP contribution >= 0.6 is 27.3 Å². The molecule has 0 radical (unpaired) electrons. The molecule has 3 nitrogen and oxygen atoms in total. The SMILES string of the molecule is CNC(Cc1nc(-c2ccccc2)cs1)c1ccoc1Br. The summed E-state index contributed by atoms with van der Waals surface area (Å²) in [7, 11) is 1.95. The van der Waals surface area contributed by atoms with Crippen molar-refractivity contribution < 1.29 is 4.42 Å². The van der Waals surface area contributed by atoms with Gasteiger partial charge in [0, 0.05) is 29.0 Å². The number of thiazole rings is 1. The summed E-state index contributed by atoms with van der Waals surface area (Å²) in [6.07, 6.45) is 2.53. The van der Waals surface area contributed by atoms with Crippen molar-refractivity contribution in [2.45, 2.75) is 12.5 Å². The maximum Gasteiger partial charge on any atom is 0.173 e. The van der Waals surface area contributed by atoms with Crippen molar-refractivity contribution in [2.75, 3.05) is 7.05 Å². The van der Waals surface area contributed by atoms with Gasteiger partial charge in [0.05, 0.1) is 17.0 Å². The number of hydrogen-bond donors (Lipinski definition) is 1. The average molecular weight is 363 g/mol. The second-order valence-electron chi connectivity index (χ2n) is 4.69. The summed E-state index contributed by atoms with van der Waals surface area (Å²) in [6.45, 7) is 0. The van der Waals surface area contributed by atoms with Gasteiger partial charge in [-0.3, -0.25) is 0 Å².